The highest BCUT2D eigenvalue weighted by Crippen LogP contribution is 2.23. The first-order valence-corrected chi connectivity index (χ1v) is 23.2. The molecule has 3 heterocycles. The summed E-state index contributed by atoms with van der Waals surface area (Å²) in [6.45, 7) is 7.64. The number of nitrogens with zero attached hydrogens (tertiary/aromatic N) is 4. The predicted molar refractivity (Wildman–Crippen MR) is 260 cm³/mol. The summed E-state index contributed by atoms with van der Waals surface area (Å²) in [6.07, 6.45) is 1.29. The number of hydrogen-bond acceptors (Lipinski definition) is 19. The van der Waals surface area contributed by atoms with Crippen molar-refractivity contribution in [3.05, 3.63) is 120 Å². The second-order valence-electron chi connectivity index (χ2n) is 17.8. The third-order valence-electron chi connectivity index (χ3n) is 10.8. The SMILES string of the molecule is CC(C)C[C@H](NC(=O)C(CC(=O)c1cnccn1)Cc1ccccc1)B(O)O.CC(C)C[C@H](NC(=O)C(CC(=O)c1cnccn1)Cc1ccccc1)B1OC(=O)C([C@H](O)C(=O)O)O1.O=C(O)[C@H](O)[C@@H](O)C(=O)O. The minimum Gasteiger partial charge on any atom is -0.506 e. The lowest BCUT2D eigenvalue weighted by atomic mass is 9.73. The molecule has 4 aromatic rings. The number of aromatic nitrogens is 4. The van der Waals surface area contributed by atoms with E-state index in [1.165, 1.54) is 37.2 Å². The first-order valence-electron chi connectivity index (χ1n) is 23.2. The van der Waals surface area contributed by atoms with Crippen molar-refractivity contribution < 1.29 is 88.4 Å². The Kier molecular flexibility index (Phi) is 25.2. The molecule has 0 spiro atoms. The van der Waals surface area contributed by atoms with Crippen molar-refractivity contribution >= 4 is 61.5 Å². The van der Waals surface area contributed by atoms with E-state index in [0.29, 0.717) is 19.3 Å². The molecule has 5 rings (SSSR count). The number of carbonyl (C=O) groups excluding carboxylic acids is 5. The van der Waals surface area contributed by atoms with E-state index in [1.807, 2.05) is 88.4 Å². The summed E-state index contributed by atoms with van der Waals surface area (Å²) in [4.78, 5) is 110. The van der Waals surface area contributed by atoms with Gasteiger partial charge < -0.3 is 60.6 Å². The van der Waals surface area contributed by atoms with Crippen molar-refractivity contribution in [3.63, 3.8) is 0 Å². The molecule has 1 saturated heterocycles. The van der Waals surface area contributed by atoms with E-state index in [1.54, 1.807) is 0 Å². The second kappa shape index (κ2) is 30.6. The zero-order chi connectivity index (χ0) is 55.1. The molecular weight excluding hydrogens is 970 g/mol. The maximum Gasteiger partial charge on any atom is 0.552 e. The number of carboxylic acid groups (broad SMARTS) is 3. The van der Waals surface area contributed by atoms with Crippen molar-refractivity contribution in [2.45, 2.75) is 103 Å². The number of amides is 2. The maximum absolute atomic E-state index is 13.4. The van der Waals surface area contributed by atoms with Gasteiger partial charge in [-0.3, -0.25) is 33.9 Å². The van der Waals surface area contributed by atoms with Gasteiger partial charge in [0.25, 0.3) is 0 Å². The van der Waals surface area contributed by atoms with Crippen LogP contribution >= 0.6 is 0 Å². The van der Waals surface area contributed by atoms with Crippen molar-refractivity contribution in [1.82, 2.24) is 30.6 Å². The van der Waals surface area contributed by atoms with Gasteiger partial charge in [-0.2, -0.15) is 0 Å². The Morgan fingerprint density at radius 2 is 1.07 bits per heavy atom. The molecule has 0 aliphatic carbocycles. The molecular formula is C48H60B2N6O18. The Labute approximate surface area is 425 Å². The zero-order valence-electron chi connectivity index (χ0n) is 40.9. The molecule has 0 bridgehead atoms. The Bertz CT molecular complexity index is 2430. The number of rotatable bonds is 25. The quantitative estimate of drug-likeness (QED) is 0.0313. The van der Waals surface area contributed by atoms with Crippen LogP contribution in [0.25, 0.3) is 0 Å². The van der Waals surface area contributed by atoms with Crippen LogP contribution in [-0.4, -0.2) is 158 Å². The summed E-state index contributed by atoms with van der Waals surface area (Å²) in [7, 11) is -2.96. The van der Waals surface area contributed by atoms with Gasteiger partial charge in [-0.25, -0.2) is 24.4 Å². The molecule has 2 aromatic heterocycles. The Hall–Kier alpha value is -7.35. The lowest BCUT2D eigenvalue weighted by Crippen LogP contribution is -2.51. The standard InChI is InChI=1S/C24H28BN3O8.C20H26BN3O4.C4H6O6/c1-14(2)10-19(25-35-21(24(34)36-25)20(30)23(32)33)28-22(31)16(11-15-6-4-3-5-7-15)12-18(29)17-13-26-8-9-27-17;1-14(2)10-19(21(27)28)24-20(26)16(11-15-6-4-3-5-7-15)12-18(25)17-13-22-8-9-23-17;5-1(3(7)8)2(6)4(9)10/h3-9,13-14,16,19-21,30H,10-12H2,1-2H3,(H,28,31)(H,32,33);3-9,13-14,16,19,27-28H,10-12H2,1-2H3,(H,24,26);1-2,5-6H,(H,7,8)(H,9,10)/t16?,19-,20-,21?;16?,19-;1-,2-/m001/s1. The molecule has 24 nitrogen and oxygen atoms in total. The molecule has 1 aliphatic heterocycles. The summed E-state index contributed by atoms with van der Waals surface area (Å²) < 4.78 is 10.6. The number of ketones is 2. The molecule has 1 fully saturated rings. The van der Waals surface area contributed by atoms with Gasteiger partial charge in [0, 0.05) is 49.5 Å². The van der Waals surface area contributed by atoms with Crippen LogP contribution in [0.2, 0.25) is 0 Å². The van der Waals surface area contributed by atoms with E-state index >= 15 is 0 Å². The molecule has 74 heavy (non-hydrogen) atoms. The molecule has 0 saturated carbocycles. The molecule has 2 amide bonds. The number of carbonyl (C=O) groups is 8. The Balaban J connectivity index is 0.000000337. The van der Waals surface area contributed by atoms with Gasteiger partial charge in [0.05, 0.1) is 24.3 Å². The maximum atomic E-state index is 13.4. The Morgan fingerprint density at radius 3 is 1.43 bits per heavy atom. The van der Waals surface area contributed by atoms with Crippen LogP contribution in [0.15, 0.2) is 97.8 Å². The first-order chi connectivity index (χ1) is 35.0. The van der Waals surface area contributed by atoms with Gasteiger partial charge in [-0.15, -0.1) is 0 Å². The van der Waals surface area contributed by atoms with E-state index in [0.717, 1.165) is 11.1 Å². The Morgan fingerprint density at radius 1 is 0.635 bits per heavy atom. The zero-order valence-corrected chi connectivity index (χ0v) is 40.9. The highest BCUT2D eigenvalue weighted by atomic mass is 16.7. The van der Waals surface area contributed by atoms with E-state index in [2.05, 4.69) is 30.6 Å². The summed E-state index contributed by atoms with van der Waals surface area (Å²) in [5, 5.41) is 76.0. The molecule has 2 aromatic carbocycles. The number of nitrogens with one attached hydrogen (secondary N) is 2. The van der Waals surface area contributed by atoms with Crippen LogP contribution in [0, 0.1) is 23.7 Å². The number of carboxylic acids is 3. The minimum absolute atomic E-state index is 0.0369. The molecule has 26 heteroatoms. The second-order valence-corrected chi connectivity index (χ2v) is 17.8. The number of benzene rings is 2. The minimum atomic E-state index is -2.27. The molecule has 396 valence electrons. The fourth-order valence-corrected chi connectivity index (χ4v) is 7.15. The number of aliphatic hydroxyl groups is 3. The van der Waals surface area contributed by atoms with Gasteiger partial charge in [0.15, 0.2) is 36.0 Å². The van der Waals surface area contributed by atoms with Crippen LogP contribution in [0.3, 0.4) is 0 Å². The lowest BCUT2D eigenvalue weighted by Gasteiger charge is -2.24. The van der Waals surface area contributed by atoms with Gasteiger partial charge in [0.1, 0.15) is 11.4 Å². The first kappa shape index (κ1) is 61.0. The summed E-state index contributed by atoms with van der Waals surface area (Å²) in [6, 6.07) is 18.6. The fraction of sp³-hybridized carbons (Fsp3) is 0.417. The highest BCUT2D eigenvalue weighted by Gasteiger charge is 2.50. The highest BCUT2D eigenvalue weighted by molar-refractivity contribution is 6.51. The number of aliphatic hydroxyl groups excluding tert-OH is 3. The third-order valence-corrected chi connectivity index (χ3v) is 10.8. The van der Waals surface area contributed by atoms with Gasteiger partial charge in [0.2, 0.25) is 11.8 Å². The smallest absolute Gasteiger partial charge is 0.506 e. The van der Waals surface area contributed by atoms with E-state index in [9.17, 15) is 53.5 Å². The summed E-state index contributed by atoms with van der Waals surface area (Å²) >= 11 is 0. The van der Waals surface area contributed by atoms with Crippen LogP contribution in [0.1, 0.15) is 85.5 Å². The number of aliphatic carboxylic acids is 3. The fourth-order valence-electron chi connectivity index (χ4n) is 7.15. The molecule has 3 unspecified atom stereocenters. The molecule has 1 aliphatic rings. The number of hydrogen-bond donors (Lipinski definition) is 10. The third kappa shape index (κ3) is 20.6. The van der Waals surface area contributed by atoms with Crippen LogP contribution in [0.5, 0.6) is 0 Å². The largest absolute Gasteiger partial charge is 0.552 e. The summed E-state index contributed by atoms with van der Waals surface area (Å²) in [5.41, 5.74) is 2.10. The van der Waals surface area contributed by atoms with Crippen LogP contribution < -0.4 is 10.6 Å². The van der Waals surface area contributed by atoms with Gasteiger partial charge in [-0.1, -0.05) is 88.4 Å². The lowest BCUT2D eigenvalue weighted by molar-refractivity contribution is -0.165. The molecule has 0 radical (unpaired) electrons. The van der Waals surface area contributed by atoms with Crippen molar-refractivity contribution in [3.8, 4) is 0 Å². The van der Waals surface area contributed by atoms with Gasteiger partial charge in [-0.05, 0) is 48.6 Å². The van der Waals surface area contributed by atoms with E-state index in [-0.39, 0.29) is 60.0 Å². The van der Waals surface area contributed by atoms with Crippen molar-refractivity contribution in [2.75, 3.05) is 0 Å². The van der Waals surface area contributed by atoms with Gasteiger partial charge >= 0.3 is 38.1 Å². The normalized spacial score (nSPS) is 15.7. The topological polar surface area (TPSA) is 392 Å². The predicted octanol–water partition coefficient (Wildman–Crippen LogP) is 0.183. The number of Topliss-reactive ketones (excluding diaryl/α,β-unsaturated/α-hetero) is 2. The molecule has 8 atom stereocenters. The molecule has 10 N–H and O–H groups in total. The average Bonchev–Trinajstić information content (AvgIpc) is 3.76. The van der Waals surface area contributed by atoms with E-state index in [4.69, 9.17) is 34.8 Å². The van der Waals surface area contributed by atoms with E-state index < -0.39 is 92.2 Å². The van der Waals surface area contributed by atoms with Crippen molar-refractivity contribution in [1.29, 1.82) is 0 Å². The summed E-state index contributed by atoms with van der Waals surface area (Å²) in [5.74, 6) is -10.6. The monoisotopic (exact) mass is 1030 g/mol. The van der Waals surface area contributed by atoms with Crippen molar-refractivity contribution in [2.24, 2.45) is 23.7 Å². The van der Waals surface area contributed by atoms with Crippen LogP contribution in [-0.2, 0) is 50.9 Å². The van der Waals surface area contributed by atoms with Crippen LogP contribution in [0.4, 0.5) is 0 Å². The average molecular weight is 1030 g/mol.